The van der Waals surface area contributed by atoms with Gasteiger partial charge in [0.15, 0.2) is 0 Å². The van der Waals surface area contributed by atoms with Gasteiger partial charge in [-0.05, 0) is 64.0 Å². The molecule has 1 aromatic carbocycles. The van der Waals surface area contributed by atoms with Gasteiger partial charge in [0, 0.05) is 10.2 Å². The van der Waals surface area contributed by atoms with Crippen molar-refractivity contribution in [2.45, 2.75) is 26.7 Å². The van der Waals surface area contributed by atoms with Crippen molar-refractivity contribution in [3.63, 3.8) is 0 Å². The van der Waals surface area contributed by atoms with Gasteiger partial charge in [0.1, 0.15) is 0 Å². The zero-order valence-electron chi connectivity index (χ0n) is 11.7. The van der Waals surface area contributed by atoms with Crippen molar-refractivity contribution in [3.05, 3.63) is 45.7 Å². The molecular formula is C15H20BrN3. The van der Waals surface area contributed by atoms with Crippen LogP contribution in [0.4, 0.5) is 0 Å². The number of hydrogen-bond acceptors (Lipinski definition) is 2. The van der Waals surface area contributed by atoms with E-state index >= 15 is 0 Å². The summed E-state index contributed by atoms with van der Waals surface area (Å²) in [6.07, 6.45) is 2.22. The predicted molar refractivity (Wildman–Crippen MR) is 83.0 cm³/mol. The summed E-state index contributed by atoms with van der Waals surface area (Å²) in [6, 6.07) is 8.25. The van der Waals surface area contributed by atoms with Crippen LogP contribution in [0.1, 0.15) is 23.4 Å². The summed E-state index contributed by atoms with van der Waals surface area (Å²) in [7, 11) is 1.99. The Morgan fingerprint density at radius 2 is 2.11 bits per heavy atom. The number of rotatable bonds is 5. The van der Waals surface area contributed by atoms with E-state index < -0.39 is 0 Å². The summed E-state index contributed by atoms with van der Waals surface area (Å²) >= 11 is 3.51. The van der Waals surface area contributed by atoms with Crippen LogP contribution in [0.3, 0.4) is 0 Å². The van der Waals surface area contributed by atoms with Gasteiger partial charge in [0.05, 0.1) is 11.4 Å². The summed E-state index contributed by atoms with van der Waals surface area (Å²) in [5, 5.41) is 7.87. The highest BCUT2D eigenvalue weighted by Gasteiger charge is 2.12. The van der Waals surface area contributed by atoms with Crippen LogP contribution in [0, 0.1) is 13.8 Å². The molecule has 0 aliphatic heterocycles. The first kappa shape index (κ1) is 14.3. The zero-order chi connectivity index (χ0) is 13.8. The monoisotopic (exact) mass is 321 g/mol. The van der Waals surface area contributed by atoms with E-state index in [1.165, 1.54) is 11.3 Å². The molecule has 0 radical (unpaired) electrons. The fraction of sp³-hybridized carbons (Fsp3) is 0.400. The van der Waals surface area contributed by atoms with E-state index in [0.29, 0.717) is 0 Å². The summed E-state index contributed by atoms with van der Waals surface area (Å²) in [5.74, 6) is 0. The summed E-state index contributed by atoms with van der Waals surface area (Å²) in [4.78, 5) is 0. The Labute approximate surface area is 123 Å². The third-order valence-electron chi connectivity index (χ3n) is 3.35. The molecule has 3 nitrogen and oxygen atoms in total. The summed E-state index contributed by atoms with van der Waals surface area (Å²) in [6.45, 7) is 5.28. The molecular weight excluding hydrogens is 302 g/mol. The Morgan fingerprint density at radius 3 is 2.79 bits per heavy atom. The molecule has 2 aromatic rings. The fourth-order valence-corrected chi connectivity index (χ4v) is 2.73. The summed E-state index contributed by atoms with van der Waals surface area (Å²) in [5.41, 5.74) is 4.85. The van der Waals surface area contributed by atoms with E-state index in [4.69, 9.17) is 0 Å². The molecule has 0 bridgehead atoms. The average Bonchev–Trinajstić information content (AvgIpc) is 2.67. The van der Waals surface area contributed by atoms with Crippen molar-refractivity contribution in [3.8, 4) is 5.69 Å². The smallest absolute Gasteiger partial charge is 0.0660 e. The molecule has 0 saturated heterocycles. The molecule has 0 unspecified atom stereocenters. The Morgan fingerprint density at radius 1 is 1.32 bits per heavy atom. The van der Waals surface area contributed by atoms with Crippen LogP contribution >= 0.6 is 15.9 Å². The molecule has 0 spiro atoms. The second kappa shape index (κ2) is 6.35. The van der Waals surface area contributed by atoms with E-state index in [0.717, 1.165) is 35.2 Å². The molecule has 1 aromatic heterocycles. The number of halogens is 1. The van der Waals surface area contributed by atoms with Gasteiger partial charge >= 0.3 is 0 Å². The number of aryl methyl sites for hydroxylation is 1. The maximum Gasteiger partial charge on any atom is 0.0660 e. The van der Waals surface area contributed by atoms with Gasteiger partial charge in [0.25, 0.3) is 0 Å². The highest BCUT2D eigenvalue weighted by Crippen LogP contribution is 2.21. The quantitative estimate of drug-likeness (QED) is 0.855. The van der Waals surface area contributed by atoms with Gasteiger partial charge in [-0.25, -0.2) is 4.68 Å². The van der Waals surface area contributed by atoms with Crippen LogP contribution in [-0.4, -0.2) is 23.4 Å². The van der Waals surface area contributed by atoms with Crippen LogP contribution in [0.15, 0.2) is 28.7 Å². The molecule has 102 valence electrons. The molecule has 0 atom stereocenters. The van der Waals surface area contributed by atoms with Crippen LogP contribution in [0.2, 0.25) is 0 Å². The Kier molecular flexibility index (Phi) is 4.77. The first-order valence-electron chi connectivity index (χ1n) is 6.59. The topological polar surface area (TPSA) is 29.9 Å². The first-order valence-corrected chi connectivity index (χ1v) is 7.38. The Hall–Kier alpha value is -1.13. The molecule has 0 amide bonds. The number of aromatic nitrogens is 2. The van der Waals surface area contributed by atoms with Gasteiger partial charge in [0.2, 0.25) is 0 Å². The van der Waals surface area contributed by atoms with E-state index in [-0.39, 0.29) is 0 Å². The largest absolute Gasteiger partial charge is 0.320 e. The normalized spacial score (nSPS) is 10.9. The van der Waals surface area contributed by atoms with E-state index in [2.05, 4.69) is 52.3 Å². The van der Waals surface area contributed by atoms with Crippen LogP contribution in [-0.2, 0) is 6.42 Å². The molecule has 2 rings (SSSR count). The second-order valence-corrected chi connectivity index (χ2v) is 5.66. The zero-order valence-corrected chi connectivity index (χ0v) is 13.3. The number of benzene rings is 1. The molecule has 0 fully saturated rings. The average molecular weight is 322 g/mol. The highest BCUT2D eigenvalue weighted by molar-refractivity contribution is 9.10. The summed E-state index contributed by atoms with van der Waals surface area (Å²) < 4.78 is 3.11. The van der Waals surface area contributed by atoms with Crippen LogP contribution in [0.25, 0.3) is 5.69 Å². The van der Waals surface area contributed by atoms with Crippen molar-refractivity contribution >= 4 is 15.9 Å². The van der Waals surface area contributed by atoms with E-state index in [1.807, 2.05) is 23.9 Å². The number of nitrogens with one attached hydrogen (secondary N) is 1. The first-order chi connectivity index (χ1) is 9.13. The van der Waals surface area contributed by atoms with Gasteiger partial charge in [-0.2, -0.15) is 5.10 Å². The number of hydrogen-bond donors (Lipinski definition) is 1. The lowest BCUT2D eigenvalue weighted by Crippen LogP contribution is -2.09. The SMILES string of the molecule is CNCCCc1c(C)nn(-c2cccc(Br)c2)c1C. The van der Waals surface area contributed by atoms with Crippen molar-refractivity contribution in [1.29, 1.82) is 0 Å². The van der Waals surface area contributed by atoms with Crippen molar-refractivity contribution in [2.24, 2.45) is 0 Å². The highest BCUT2D eigenvalue weighted by atomic mass is 79.9. The minimum Gasteiger partial charge on any atom is -0.320 e. The minimum atomic E-state index is 1.04. The van der Waals surface area contributed by atoms with Gasteiger partial charge < -0.3 is 5.32 Å². The lowest BCUT2D eigenvalue weighted by Gasteiger charge is -2.06. The van der Waals surface area contributed by atoms with Crippen LogP contribution < -0.4 is 5.32 Å². The van der Waals surface area contributed by atoms with Gasteiger partial charge in [-0.1, -0.05) is 22.0 Å². The van der Waals surface area contributed by atoms with Crippen molar-refractivity contribution in [1.82, 2.24) is 15.1 Å². The predicted octanol–water partition coefficient (Wildman–Crippen LogP) is 3.40. The molecule has 0 saturated carbocycles. The van der Waals surface area contributed by atoms with Crippen LogP contribution in [0.5, 0.6) is 0 Å². The third kappa shape index (κ3) is 3.25. The third-order valence-corrected chi connectivity index (χ3v) is 3.84. The minimum absolute atomic E-state index is 1.04. The molecule has 0 aliphatic rings. The molecule has 0 aliphatic carbocycles. The maximum absolute atomic E-state index is 4.68. The van der Waals surface area contributed by atoms with Crippen molar-refractivity contribution in [2.75, 3.05) is 13.6 Å². The maximum atomic E-state index is 4.68. The lowest BCUT2D eigenvalue weighted by molar-refractivity contribution is 0.720. The fourth-order valence-electron chi connectivity index (χ4n) is 2.34. The van der Waals surface area contributed by atoms with E-state index in [1.54, 1.807) is 0 Å². The molecule has 1 heterocycles. The van der Waals surface area contributed by atoms with Crippen molar-refractivity contribution < 1.29 is 0 Å². The Bertz CT molecular complexity index is 561. The second-order valence-electron chi connectivity index (χ2n) is 4.75. The number of nitrogens with zero attached hydrogens (tertiary/aromatic N) is 2. The molecule has 4 heteroatoms. The van der Waals surface area contributed by atoms with E-state index in [9.17, 15) is 0 Å². The standard InChI is InChI=1S/C15H20BrN3/c1-11-15(8-5-9-17-3)12(2)19(18-11)14-7-4-6-13(16)10-14/h4,6-7,10,17H,5,8-9H2,1-3H3. The molecule has 19 heavy (non-hydrogen) atoms. The van der Waals surface area contributed by atoms with Gasteiger partial charge in [-0.3, -0.25) is 0 Å². The lowest BCUT2D eigenvalue weighted by atomic mass is 10.1. The van der Waals surface area contributed by atoms with Gasteiger partial charge in [-0.15, -0.1) is 0 Å². The molecule has 1 N–H and O–H groups in total. The Balaban J connectivity index is 2.30.